The number of hydrogen-bond acceptors (Lipinski definition) is 13. The van der Waals surface area contributed by atoms with E-state index in [1.165, 1.54) is 12.0 Å². The summed E-state index contributed by atoms with van der Waals surface area (Å²) in [6.07, 6.45) is 11.2. The molecular formula is C51H79NO13. The summed E-state index contributed by atoms with van der Waals surface area (Å²) in [7, 11) is 4.52. The first-order chi connectivity index (χ1) is 30.7. The van der Waals surface area contributed by atoms with Crippen LogP contribution in [0.5, 0.6) is 0 Å². The van der Waals surface area contributed by atoms with Crippen molar-refractivity contribution in [1.29, 1.82) is 0 Å². The molecule has 15 unspecified atom stereocenters. The summed E-state index contributed by atoms with van der Waals surface area (Å²) < 4.78 is 29.4. The molecule has 1 saturated carbocycles. The van der Waals surface area contributed by atoms with Crippen molar-refractivity contribution in [2.45, 2.75) is 180 Å². The van der Waals surface area contributed by atoms with Crippen LogP contribution < -0.4 is 0 Å². The molecule has 0 radical (unpaired) electrons. The van der Waals surface area contributed by atoms with Crippen LogP contribution in [0.4, 0.5) is 0 Å². The van der Waals surface area contributed by atoms with Crippen molar-refractivity contribution in [1.82, 2.24) is 4.90 Å². The SMILES string of the molecule is COC1CC2CCC(C)C(O)(O2)C(=O)C(=O)N2CCCCC2C(=O)OC(C(C)CC2CCC(O)C(OC)C2)CC(=O)C(C)/C=C(/C)C(O)C(OC)C(=O)C(C)CC(C)\C=C/C=C\C=C/1C. The van der Waals surface area contributed by atoms with Gasteiger partial charge < -0.3 is 43.9 Å². The number of aliphatic hydroxyl groups excluding tert-OH is 2. The Morgan fingerprint density at radius 3 is 2.25 bits per heavy atom. The highest BCUT2D eigenvalue weighted by Gasteiger charge is 2.53. The molecule has 0 aromatic rings. The molecule has 0 spiro atoms. The second-order valence-corrected chi connectivity index (χ2v) is 19.6. The van der Waals surface area contributed by atoms with E-state index in [2.05, 4.69) is 0 Å². The summed E-state index contributed by atoms with van der Waals surface area (Å²) in [6, 6.07) is -1.14. The maximum Gasteiger partial charge on any atom is 0.329 e. The number of hydrogen-bond donors (Lipinski definition) is 3. The lowest BCUT2D eigenvalue weighted by Crippen LogP contribution is -2.61. The van der Waals surface area contributed by atoms with E-state index in [4.69, 9.17) is 23.7 Å². The first-order valence-electron chi connectivity index (χ1n) is 23.9. The third kappa shape index (κ3) is 14.3. The highest BCUT2D eigenvalue weighted by molar-refractivity contribution is 6.39. The van der Waals surface area contributed by atoms with Gasteiger partial charge in [0.15, 0.2) is 5.78 Å². The molecule has 0 aromatic carbocycles. The standard InChI is InChI=1S/C51H79NO13/c1-30-16-12-11-13-17-31(2)42(61-8)28-38-21-19-36(7)51(60,65-38)48(57)49(58)52-23-15-14-18-39(52)50(59)64-43(33(4)26-37-20-22-40(53)44(27-37)62-9)29-41(54)32(3)25-35(6)46(56)47(63-10)45(55)34(5)24-30/h11-13,16-17,25,30,32-34,36-40,42-44,46-47,53,56,60H,14-15,18-24,26-29H2,1-10H3/b13-11-,16-12-,31-17-,35-25-. The summed E-state index contributed by atoms with van der Waals surface area (Å²) in [4.78, 5) is 71.8. The van der Waals surface area contributed by atoms with E-state index in [1.807, 2.05) is 58.1 Å². The Hall–Kier alpha value is -3.37. The number of ketones is 3. The van der Waals surface area contributed by atoms with Crippen LogP contribution in [0.2, 0.25) is 0 Å². The van der Waals surface area contributed by atoms with Gasteiger partial charge >= 0.3 is 5.97 Å². The van der Waals surface area contributed by atoms with Gasteiger partial charge in [-0.1, -0.05) is 71.1 Å². The topological polar surface area (TPSA) is 195 Å². The van der Waals surface area contributed by atoms with Gasteiger partial charge in [0.05, 0.1) is 24.4 Å². The van der Waals surface area contributed by atoms with Crippen LogP contribution >= 0.6 is 0 Å². The Morgan fingerprint density at radius 1 is 0.846 bits per heavy atom. The Bertz CT molecular complexity index is 1760. The van der Waals surface area contributed by atoms with E-state index in [1.54, 1.807) is 41.1 Å². The van der Waals surface area contributed by atoms with Crippen LogP contribution in [0, 0.1) is 35.5 Å². The molecule has 14 nitrogen and oxygen atoms in total. The maximum absolute atomic E-state index is 14.4. The highest BCUT2D eigenvalue weighted by Crippen LogP contribution is 2.38. The predicted octanol–water partition coefficient (Wildman–Crippen LogP) is 6.18. The number of amides is 1. The average molecular weight is 914 g/mol. The molecule has 2 saturated heterocycles. The first kappa shape index (κ1) is 54.2. The molecule has 0 aromatic heterocycles. The number of fused-ring (bicyclic) bond motifs is 3. The zero-order valence-corrected chi connectivity index (χ0v) is 40.6. The molecule has 3 heterocycles. The van der Waals surface area contributed by atoms with Crippen LogP contribution in [-0.4, -0.2) is 132 Å². The maximum atomic E-state index is 14.4. The number of methoxy groups -OCH3 is 3. The van der Waals surface area contributed by atoms with Crippen LogP contribution in [0.1, 0.15) is 126 Å². The van der Waals surface area contributed by atoms with E-state index in [0.29, 0.717) is 63.4 Å². The fourth-order valence-corrected chi connectivity index (χ4v) is 10.1. The van der Waals surface area contributed by atoms with Crippen LogP contribution in [0.15, 0.2) is 47.6 Å². The second-order valence-electron chi connectivity index (χ2n) is 19.6. The molecule has 1 amide bonds. The number of ether oxygens (including phenoxy) is 5. The third-order valence-electron chi connectivity index (χ3n) is 14.5. The number of piperidine rings is 1. The van der Waals surface area contributed by atoms with Crippen molar-refractivity contribution in [2.24, 2.45) is 35.5 Å². The number of cyclic esters (lactones) is 1. The minimum Gasteiger partial charge on any atom is -0.460 e. The quantitative estimate of drug-likeness (QED) is 0.156. The third-order valence-corrected chi connectivity index (χ3v) is 14.5. The predicted molar refractivity (Wildman–Crippen MR) is 245 cm³/mol. The first-order valence-corrected chi connectivity index (χ1v) is 23.9. The van der Waals surface area contributed by atoms with Gasteiger partial charge in [0.25, 0.3) is 11.7 Å². The summed E-state index contributed by atoms with van der Waals surface area (Å²) >= 11 is 0. The van der Waals surface area contributed by atoms with Gasteiger partial charge in [0.2, 0.25) is 5.79 Å². The van der Waals surface area contributed by atoms with E-state index in [9.17, 15) is 39.3 Å². The van der Waals surface area contributed by atoms with Crippen molar-refractivity contribution in [2.75, 3.05) is 27.9 Å². The highest BCUT2D eigenvalue weighted by atomic mass is 16.6. The second kappa shape index (κ2) is 25.1. The molecule has 1 aliphatic carbocycles. The molecule has 3 N–H and O–H groups in total. The van der Waals surface area contributed by atoms with Crippen molar-refractivity contribution >= 4 is 29.2 Å². The van der Waals surface area contributed by atoms with Gasteiger partial charge in [-0.25, -0.2) is 4.79 Å². The van der Waals surface area contributed by atoms with Gasteiger partial charge in [-0.05, 0) is 107 Å². The van der Waals surface area contributed by atoms with Crippen molar-refractivity contribution in [3.05, 3.63) is 47.6 Å². The van der Waals surface area contributed by atoms with E-state index in [0.717, 1.165) is 12.0 Å². The molecular weight excluding hydrogens is 835 g/mol. The molecule has 65 heavy (non-hydrogen) atoms. The van der Waals surface area contributed by atoms with Crippen molar-refractivity contribution in [3.63, 3.8) is 0 Å². The number of nitrogens with zero attached hydrogens (tertiary/aromatic N) is 1. The molecule has 4 rings (SSSR count). The summed E-state index contributed by atoms with van der Waals surface area (Å²) in [5.74, 6) is -7.96. The van der Waals surface area contributed by atoms with Crippen LogP contribution in [-0.2, 0) is 47.7 Å². The molecule has 4 aliphatic rings. The van der Waals surface area contributed by atoms with Gasteiger partial charge in [-0.2, -0.15) is 0 Å². The lowest BCUT2D eigenvalue weighted by Gasteiger charge is -2.42. The summed E-state index contributed by atoms with van der Waals surface area (Å²) in [6.45, 7) is 12.7. The van der Waals surface area contributed by atoms with E-state index < -0.39 is 83.9 Å². The Kier molecular flexibility index (Phi) is 21.0. The Morgan fingerprint density at radius 2 is 1.57 bits per heavy atom. The largest absolute Gasteiger partial charge is 0.460 e. The smallest absolute Gasteiger partial charge is 0.329 e. The van der Waals surface area contributed by atoms with Gasteiger partial charge in [0, 0.05) is 58.5 Å². The van der Waals surface area contributed by atoms with Crippen molar-refractivity contribution in [3.8, 4) is 0 Å². The van der Waals surface area contributed by atoms with E-state index in [-0.39, 0.29) is 54.8 Å². The summed E-state index contributed by atoms with van der Waals surface area (Å²) in [5.41, 5.74) is 1.27. The number of carbonyl (C=O) groups is 5. The minimum atomic E-state index is -2.43. The lowest BCUT2D eigenvalue weighted by atomic mass is 9.78. The van der Waals surface area contributed by atoms with Gasteiger partial charge in [-0.15, -0.1) is 0 Å². The van der Waals surface area contributed by atoms with Crippen LogP contribution in [0.25, 0.3) is 0 Å². The van der Waals surface area contributed by atoms with E-state index >= 15 is 0 Å². The number of Topliss-reactive ketones (excluding diaryl/α,β-unsaturated/α-hetero) is 3. The monoisotopic (exact) mass is 914 g/mol. The zero-order valence-electron chi connectivity index (χ0n) is 40.6. The lowest BCUT2D eigenvalue weighted by molar-refractivity contribution is -0.265. The number of allylic oxidation sites excluding steroid dienone is 6. The molecule has 366 valence electrons. The van der Waals surface area contributed by atoms with Gasteiger partial charge in [-0.3, -0.25) is 19.2 Å². The normalized spacial score (nSPS) is 40.4. The molecule has 3 aliphatic heterocycles. The Labute approximate surface area is 387 Å². The number of aliphatic hydroxyl groups is 3. The van der Waals surface area contributed by atoms with Crippen LogP contribution in [0.3, 0.4) is 0 Å². The number of rotatable bonds is 6. The van der Waals surface area contributed by atoms with Crippen molar-refractivity contribution < 1.29 is 63.0 Å². The number of carbonyl (C=O) groups excluding carboxylic acids is 5. The number of esters is 1. The minimum absolute atomic E-state index is 0.0193. The molecule has 14 heteroatoms. The fraction of sp³-hybridized carbons (Fsp3) is 0.745. The fourth-order valence-electron chi connectivity index (χ4n) is 10.1. The molecule has 2 bridgehead atoms. The summed E-state index contributed by atoms with van der Waals surface area (Å²) in [5, 5.41) is 33.8. The Balaban J connectivity index is 1.70. The molecule has 3 fully saturated rings. The average Bonchev–Trinajstić information content (AvgIpc) is 3.28. The zero-order chi connectivity index (χ0) is 48.2. The van der Waals surface area contributed by atoms with Gasteiger partial charge in [0.1, 0.15) is 30.1 Å². The molecule has 15 atom stereocenters.